The van der Waals surface area contributed by atoms with Crippen LogP contribution in [0.15, 0.2) is 30.3 Å². The molecule has 1 aliphatic heterocycles. The third-order valence-electron chi connectivity index (χ3n) is 3.66. The van der Waals surface area contributed by atoms with Crippen molar-refractivity contribution < 1.29 is 14.3 Å². The predicted octanol–water partition coefficient (Wildman–Crippen LogP) is 2.84. The Morgan fingerprint density at radius 2 is 2.09 bits per heavy atom. The SMILES string of the molecule is COc1cccc(OCc2ccc3c(n2)NCC3)c1C(C)=O. The van der Waals surface area contributed by atoms with Gasteiger partial charge in [0.25, 0.3) is 0 Å². The van der Waals surface area contributed by atoms with Crippen LogP contribution in [0.3, 0.4) is 0 Å². The Kier molecular flexibility index (Phi) is 3.96. The second-order valence-electron chi connectivity index (χ2n) is 5.17. The third-order valence-corrected chi connectivity index (χ3v) is 3.66. The van der Waals surface area contributed by atoms with Crippen LogP contribution in [0.1, 0.15) is 28.5 Å². The van der Waals surface area contributed by atoms with Gasteiger partial charge in [-0.1, -0.05) is 12.1 Å². The molecule has 0 fully saturated rings. The third kappa shape index (κ3) is 2.74. The second-order valence-corrected chi connectivity index (χ2v) is 5.17. The van der Waals surface area contributed by atoms with Gasteiger partial charge in [-0.25, -0.2) is 4.98 Å². The lowest BCUT2D eigenvalue weighted by Gasteiger charge is -2.13. The van der Waals surface area contributed by atoms with Crippen molar-refractivity contribution in [1.82, 2.24) is 4.98 Å². The molecular weight excluding hydrogens is 280 g/mol. The number of aromatic nitrogens is 1. The van der Waals surface area contributed by atoms with Gasteiger partial charge in [-0.15, -0.1) is 0 Å². The number of fused-ring (bicyclic) bond motifs is 1. The Hall–Kier alpha value is -2.56. The highest BCUT2D eigenvalue weighted by Gasteiger charge is 2.16. The van der Waals surface area contributed by atoms with Gasteiger partial charge in [-0.05, 0) is 37.1 Å². The van der Waals surface area contributed by atoms with Crippen molar-refractivity contribution >= 4 is 11.6 Å². The highest BCUT2D eigenvalue weighted by molar-refractivity contribution is 5.99. The first kappa shape index (κ1) is 14.4. The Labute approximate surface area is 129 Å². The molecule has 1 aliphatic rings. The van der Waals surface area contributed by atoms with Crippen molar-refractivity contribution in [3.8, 4) is 11.5 Å². The van der Waals surface area contributed by atoms with Gasteiger partial charge in [0.2, 0.25) is 0 Å². The van der Waals surface area contributed by atoms with Crippen molar-refractivity contribution in [2.75, 3.05) is 19.0 Å². The number of benzene rings is 1. The summed E-state index contributed by atoms with van der Waals surface area (Å²) in [5, 5.41) is 3.25. The highest BCUT2D eigenvalue weighted by Crippen LogP contribution is 2.29. The summed E-state index contributed by atoms with van der Waals surface area (Å²) in [6, 6.07) is 9.35. The molecule has 0 saturated carbocycles. The number of nitrogens with one attached hydrogen (secondary N) is 1. The van der Waals surface area contributed by atoms with Crippen molar-refractivity contribution in [1.29, 1.82) is 0 Å². The summed E-state index contributed by atoms with van der Waals surface area (Å²) >= 11 is 0. The number of Topliss-reactive ketones (excluding diaryl/α,β-unsaturated/α-hetero) is 1. The quantitative estimate of drug-likeness (QED) is 0.860. The van der Waals surface area contributed by atoms with E-state index in [1.54, 1.807) is 25.3 Å². The minimum Gasteiger partial charge on any atom is -0.496 e. The van der Waals surface area contributed by atoms with Gasteiger partial charge in [0.1, 0.15) is 29.5 Å². The molecule has 22 heavy (non-hydrogen) atoms. The van der Waals surface area contributed by atoms with Crippen LogP contribution >= 0.6 is 0 Å². The van der Waals surface area contributed by atoms with E-state index < -0.39 is 0 Å². The smallest absolute Gasteiger partial charge is 0.167 e. The zero-order valence-electron chi connectivity index (χ0n) is 12.7. The van der Waals surface area contributed by atoms with E-state index in [0.29, 0.717) is 23.7 Å². The maximum atomic E-state index is 11.8. The summed E-state index contributed by atoms with van der Waals surface area (Å²) in [6.45, 7) is 2.74. The molecule has 2 heterocycles. The lowest BCUT2D eigenvalue weighted by Crippen LogP contribution is -2.05. The number of anilines is 1. The van der Waals surface area contributed by atoms with Crippen molar-refractivity contribution in [3.63, 3.8) is 0 Å². The Bertz CT molecular complexity index is 713. The molecule has 2 aromatic rings. The maximum Gasteiger partial charge on any atom is 0.167 e. The van der Waals surface area contributed by atoms with E-state index in [0.717, 1.165) is 24.5 Å². The molecule has 0 radical (unpaired) electrons. The first-order chi connectivity index (χ1) is 10.7. The van der Waals surface area contributed by atoms with E-state index in [-0.39, 0.29) is 5.78 Å². The second kappa shape index (κ2) is 6.05. The fourth-order valence-electron chi connectivity index (χ4n) is 2.58. The fraction of sp³-hybridized carbons (Fsp3) is 0.294. The summed E-state index contributed by atoms with van der Waals surface area (Å²) < 4.78 is 11.0. The van der Waals surface area contributed by atoms with Crippen LogP contribution in [0.4, 0.5) is 5.82 Å². The van der Waals surface area contributed by atoms with E-state index in [4.69, 9.17) is 9.47 Å². The normalized spacial score (nSPS) is 12.5. The van der Waals surface area contributed by atoms with Crippen LogP contribution in [-0.4, -0.2) is 24.4 Å². The standard InChI is InChI=1S/C17H18N2O3/c1-11(20)16-14(21-2)4-3-5-15(16)22-10-13-7-6-12-8-9-18-17(12)19-13/h3-7H,8-10H2,1-2H3,(H,18,19). The average molecular weight is 298 g/mol. The summed E-state index contributed by atoms with van der Waals surface area (Å²) in [7, 11) is 1.54. The number of ketones is 1. The molecule has 0 spiro atoms. The molecule has 1 aromatic heterocycles. The fourth-order valence-corrected chi connectivity index (χ4v) is 2.58. The van der Waals surface area contributed by atoms with Crippen LogP contribution in [0.25, 0.3) is 0 Å². The molecule has 0 saturated heterocycles. The van der Waals surface area contributed by atoms with Gasteiger partial charge in [-0.3, -0.25) is 4.79 Å². The van der Waals surface area contributed by atoms with E-state index in [2.05, 4.69) is 16.4 Å². The maximum absolute atomic E-state index is 11.8. The lowest BCUT2D eigenvalue weighted by atomic mass is 10.1. The number of carbonyl (C=O) groups is 1. The first-order valence-electron chi connectivity index (χ1n) is 7.22. The molecule has 114 valence electrons. The lowest BCUT2D eigenvalue weighted by molar-refractivity contribution is 0.101. The number of carbonyl (C=O) groups excluding carboxylic acids is 1. The summed E-state index contributed by atoms with van der Waals surface area (Å²) in [4.78, 5) is 16.4. The zero-order valence-corrected chi connectivity index (χ0v) is 12.7. The largest absolute Gasteiger partial charge is 0.496 e. The molecule has 0 atom stereocenters. The average Bonchev–Trinajstić information content (AvgIpc) is 2.99. The van der Waals surface area contributed by atoms with Gasteiger partial charge in [0.05, 0.1) is 12.8 Å². The summed E-state index contributed by atoms with van der Waals surface area (Å²) in [5.41, 5.74) is 2.52. The molecule has 5 nitrogen and oxygen atoms in total. The van der Waals surface area contributed by atoms with Crippen molar-refractivity contribution in [3.05, 3.63) is 47.2 Å². The summed E-state index contributed by atoms with van der Waals surface area (Å²) in [6.07, 6.45) is 1.01. The number of hydrogen-bond donors (Lipinski definition) is 1. The number of ether oxygens (including phenoxy) is 2. The minimum atomic E-state index is -0.0870. The molecule has 0 bridgehead atoms. The molecule has 0 aliphatic carbocycles. The molecule has 0 amide bonds. The Morgan fingerprint density at radius 1 is 1.27 bits per heavy atom. The van der Waals surface area contributed by atoms with Crippen LogP contribution in [0, 0.1) is 0 Å². The topological polar surface area (TPSA) is 60.5 Å². The minimum absolute atomic E-state index is 0.0870. The van der Waals surface area contributed by atoms with Crippen LogP contribution < -0.4 is 14.8 Å². The Morgan fingerprint density at radius 3 is 2.86 bits per heavy atom. The number of methoxy groups -OCH3 is 1. The predicted molar refractivity (Wildman–Crippen MR) is 83.8 cm³/mol. The van der Waals surface area contributed by atoms with E-state index in [1.165, 1.54) is 12.5 Å². The molecule has 1 aromatic carbocycles. The Balaban J connectivity index is 1.80. The van der Waals surface area contributed by atoms with Gasteiger partial charge in [0, 0.05) is 6.54 Å². The monoisotopic (exact) mass is 298 g/mol. The van der Waals surface area contributed by atoms with Crippen LogP contribution in [-0.2, 0) is 13.0 Å². The van der Waals surface area contributed by atoms with Gasteiger partial charge < -0.3 is 14.8 Å². The zero-order chi connectivity index (χ0) is 15.5. The number of nitrogens with zero attached hydrogens (tertiary/aromatic N) is 1. The van der Waals surface area contributed by atoms with E-state index in [9.17, 15) is 4.79 Å². The van der Waals surface area contributed by atoms with E-state index >= 15 is 0 Å². The number of hydrogen-bond acceptors (Lipinski definition) is 5. The summed E-state index contributed by atoms with van der Waals surface area (Å²) in [5.74, 6) is 1.88. The number of pyridine rings is 1. The van der Waals surface area contributed by atoms with Crippen LogP contribution in [0.5, 0.6) is 11.5 Å². The van der Waals surface area contributed by atoms with Crippen molar-refractivity contribution in [2.45, 2.75) is 20.0 Å². The van der Waals surface area contributed by atoms with E-state index in [1.807, 2.05) is 6.07 Å². The van der Waals surface area contributed by atoms with Gasteiger partial charge in [-0.2, -0.15) is 0 Å². The molecule has 0 unspecified atom stereocenters. The van der Waals surface area contributed by atoms with Crippen LogP contribution in [0.2, 0.25) is 0 Å². The van der Waals surface area contributed by atoms with Gasteiger partial charge in [0.15, 0.2) is 5.78 Å². The molecule has 3 rings (SSSR count). The molecular formula is C17H18N2O3. The molecule has 5 heteroatoms. The highest BCUT2D eigenvalue weighted by atomic mass is 16.5. The van der Waals surface area contributed by atoms with Gasteiger partial charge >= 0.3 is 0 Å². The number of rotatable bonds is 5. The van der Waals surface area contributed by atoms with Crippen molar-refractivity contribution in [2.24, 2.45) is 0 Å². The first-order valence-corrected chi connectivity index (χ1v) is 7.22. The molecule has 1 N–H and O–H groups in total.